The summed E-state index contributed by atoms with van der Waals surface area (Å²) in [5.41, 5.74) is 2.85. The van der Waals surface area contributed by atoms with E-state index in [9.17, 15) is 14.4 Å². The SMILES string of the molecule is CC(C)Cc1ccc(C(=O)CCC(=O)Nc2ccccc2C(=O)N2CCCCC2)cc1. The van der Waals surface area contributed by atoms with E-state index in [2.05, 4.69) is 19.2 Å². The molecule has 2 aromatic rings. The summed E-state index contributed by atoms with van der Waals surface area (Å²) in [4.78, 5) is 39.7. The van der Waals surface area contributed by atoms with Crippen molar-refractivity contribution in [2.24, 2.45) is 5.92 Å². The van der Waals surface area contributed by atoms with Crippen LogP contribution in [-0.2, 0) is 11.2 Å². The molecule has 0 unspecified atom stereocenters. The first-order valence-electron chi connectivity index (χ1n) is 11.2. The molecular weight excluding hydrogens is 388 g/mol. The highest BCUT2D eigenvalue weighted by Gasteiger charge is 2.21. The summed E-state index contributed by atoms with van der Waals surface area (Å²) in [5, 5.41) is 2.83. The molecule has 1 saturated heterocycles. The zero-order valence-electron chi connectivity index (χ0n) is 18.5. The van der Waals surface area contributed by atoms with Crippen molar-refractivity contribution in [3.05, 3.63) is 65.2 Å². The fraction of sp³-hybridized carbons (Fsp3) is 0.423. The van der Waals surface area contributed by atoms with Gasteiger partial charge in [-0.25, -0.2) is 0 Å². The number of ketones is 1. The Morgan fingerprint density at radius 3 is 2.26 bits per heavy atom. The lowest BCUT2D eigenvalue weighted by Crippen LogP contribution is -2.36. The lowest BCUT2D eigenvalue weighted by molar-refractivity contribution is -0.116. The molecule has 1 fully saturated rings. The van der Waals surface area contributed by atoms with Gasteiger partial charge < -0.3 is 10.2 Å². The van der Waals surface area contributed by atoms with Crippen LogP contribution in [0.5, 0.6) is 0 Å². The van der Waals surface area contributed by atoms with Crippen molar-refractivity contribution in [1.29, 1.82) is 0 Å². The van der Waals surface area contributed by atoms with Gasteiger partial charge in [0.15, 0.2) is 5.78 Å². The predicted molar refractivity (Wildman–Crippen MR) is 123 cm³/mol. The Morgan fingerprint density at radius 2 is 1.58 bits per heavy atom. The summed E-state index contributed by atoms with van der Waals surface area (Å²) in [6.45, 7) is 5.84. The molecule has 0 aliphatic carbocycles. The summed E-state index contributed by atoms with van der Waals surface area (Å²) >= 11 is 0. The van der Waals surface area contributed by atoms with Gasteiger partial charge in [0, 0.05) is 31.5 Å². The molecule has 1 aliphatic heterocycles. The number of para-hydroxylation sites is 1. The Hall–Kier alpha value is -2.95. The van der Waals surface area contributed by atoms with E-state index < -0.39 is 0 Å². The van der Waals surface area contributed by atoms with Crippen LogP contribution >= 0.6 is 0 Å². The molecule has 5 heteroatoms. The minimum absolute atomic E-state index is 0.0480. The Kier molecular flexibility index (Phi) is 7.99. The molecule has 31 heavy (non-hydrogen) atoms. The molecule has 3 rings (SSSR count). The van der Waals surface area contributed by atoms with Gasteiger partial charge in [0.2, 0.25) is 5.91 Å². The molecule has 0 bridgehead atoms. The molecule has 164 valence electrons. The van der Waals surface area contributed by atoms with Crippen LogP contribution in [0.2, 0.25) is 0 Å². The molecule has 5 nitrogen and oxygen atoms in total. The van der Waals surface area contributed by atoms with Crippen LogP contribution in [-0.4, -0.2) is 35.6 Å². The van der Waals surface area contributed by atoms with E-state index >= 15 is 0 Å². The van der Waals surface area contributed by atoms with E-state index in [1.54, 1.807) is 24.3 Å². The molecule has 0 saturated carbocycles. The van der Waals surface area contributed by atoms with Crippen molar-refractivity contribution in [3.8, 4) is 0 Å². The third-order valence-corrected chi connectivity index (χ3v) is 5.57. The third kappa shape index (κ3) is 6.51. The first-order valence-corrected chi connectivity index (χ1v) is 11.2. The molecule has 1 heterocycles. The maximum atomic E-state index is 12.9. The Morgan fingerprint density at radius 1 is 0.903 bits per heavy atom. The standard InChI is InChI=1S/C26H32N2O3/c1-19(2)18-20-10-12-21(13-11-20)24(29)14-15-25(30)27-23-9-5-4-8-22(23)26(31)28-16-6-3-7-17-28/h4-5,8-13,19H,3,6-7,14-18H2,1-2H3,(H,27,30). The first kappa shape index (κ1) is 22.7. The van der Waals surface area contributed by atoms with E-state index in [0.29, 0.717) is 22.7 Å². The Balaban J connectivity index is 1.56. The molecule has 0 atom stereocenters. The number of hydrogen-bond acceptors (Lipinski definition) is 3. The molecule has 0 spiro atoms. The van der Waals surface area contributed by atoms with Crippen LogP contribution in [0, 0.1) is 5.92 Å². The van der Waals surface area contributed by atoms with Crippen LogP contribution in [0.25, 0.3) is 0 Å². The van der Waals surface area contributed by atoms with E-state index in [0.717, 1.165) is 38.8 Å². The molecule has 0 aromatic heterocycles. The summed E-state index contributed by atoms with van der Waals surface area (Å²) in [6, 6.07) is 14.7. The van der Waals surface area contributed by atoms with Gasteiger partial charge in [0.05, 0.1) is 11.3 Å². The summed E-state index contributed by atoms with van der Waals surface area (Å²) < 4.78 is 0. The molecule has 2 amide bonds. The number of hydrogen-bond donors (Lipinski definition) is 1. The normalized spacial score (nSPS) is 13.8. The highest BCUT2D eigenvalue weighted by Crippen LogP contribution is 2.20. The van der Waals surface area contributed by atoms with Crippen molar-refractivity contribution < 1.29 is 14.4 Å². The van der Waals surface area contributed by atoms with E-state index in [1.165, 1.54) is 5.56 Å². The smallest absolute Gasteiger partial charge is 0.255 e. The van der Waals surface area contributed by atoms with Gasteiger partial charge >= 0.3 is 0 Å². The zero-order chi connectivity index (χ0) is 22.2. The van der Waals surface area contributed by atoms with Crippen LogP contribution < -0.4 is 5.32 Å². The topological polar surface area (TPSA) is 66.5 Å². The highest BCUT2D eigenvalue weighted by molar-refractivity contribution is 6.05. The highest BCUT2D eigenvalue weighted by atomic mass is 16.2. The third-order valence-electron chi connectivity index (χ3n) is 5.57. The van der Waals surface area contributed by atoms with E-state index in [1.807, 2.05) is 29.2 Å². The fourth-order valence-corrected chi connectivity index (χ4v) is 3.93. The molecule has 1 aliphatic rings. The Labute approximate surface area is 184 Å². The van der Waals surface area contributed by atoms with Gasteiger partial charge in [-0.3, -0.25) is 14.4 Å². The number of likely N-dealkylation sites (tertiary alicyclic amines) is 1. The number of carbonyl (C=O) groups is 3. The first-order chi connectivity index (χ1) is 14.9. The van der Waals surface area contributed by atoms with Gasteiger partial charge in [-0.15, -0.1) is 0 Å². The summed E-state index contributed by atoms with van der Waals surface area (Å²) in [7, 11) is 0. The van der Waals surface area contributed by atoms with Gasteiger partial charge in [0.1, 0.15) is 0 Å². The van der Waals surface area contributed by atoms with E-state index in [-0.39, 0.29) is 30.4 Å². The number of anilines is 1. The van der Waals surface area contributed by atoms with Gasteiger partial charge in [-0.1, -0.05) is 50.2 Å². The van der Waals surface area contributed by atoms with Gasteiger partial charge in [-0.2, -0.15) is 0 Å². The molecule has 1 N–H and O–H groups in total. The minimum Gasteiger partial charge on any atom is -0.339 e. The molecule has 0 radical (unpaired) electrons. The largest absolute Gasteiger partial charge is 0.339 e. The summed E-state index contributed by atoms with van der Waals surface area (Å²) in [6.07, 6.45) is 4.38. The van der Waals surface area contributed by atoms with Crippen LogP contribution in [0.15, 0.2) is 48.5 Å². The second-order valence-corrected chi connectivity index (χ2v) is 8.66. The van der Waals surface area contributed by atoms with Gasteiger partial charge in [-0.05, 0) is 49.3 Å². The molecule has 2 aromatic carbocycles. The second-order valence-electron chi connectivity index (χ2n) is 8.66. The van der Waals surface area contributed by atoms with Crippen molar-refractivity contribution in [3.63, 3.8) is 0 Å². The number of Topliss-reactive ketones (excluding diaryl/α,β-unsaturated/α-hetero) is 1. The minimum atomic E-state index is -0.260. The number of carbonyl (C=O) groups excluding carboxylic acids is 3. The molecular formula is C26H32N2O3. The average molecular weight is 421 g/mol. The number of nitrogens with one attached hydrogen (secondary N) is 1. The maximum Gasteiger partial charge on any atom is 0.255 e. The lowest BCUT2D eigenvalue weighted by Gasteiger charge is -2.27. The van der Waals surface area contributed by atoms with Crippen molar-refractivity contribution in [1.82, 2.24) is 4.90 Å². The zero-order valence-corrected chi connectivity index (χ0v) is 18.5. The van der Waals surface area contributed by atoms with E-state index in [4.69, 9.17) is 0 Å². The predicted octanol–water partition coefficient (Wildman–Crippen LogP) is 5.11. The number of benzene rings is 2. The fourth-order valence-electron chi connectivity index (χ4n) is 3.93. The number of rotatable bonds is 8. The maximum absolute atomic E-state index is 12.9. The average Bonchev–Trinajstić information content (AvgIpc) is 2.78. The van der Waals surface area contributed by atoms with Crippen LogP contribution in [0.4, 0.5) is 5.69 Å². The van der Waals surface area contributed by atoms with Crippen LogP contribution in [0.1, 0.15) is 72.2 Å². The quantitative estimate of drug-likeness (QED) is 0.603. The summed E-state index contributed by atoms with van der Waals surface area (Å²) in [5.74, 6) is 0.204. The van der Waals surface area contributed by atoms with Crippen LogP contribution in [0.3, 0.4) is 0 Å². The number of piperidine rings is 1. The number of nitrogens with zero attached hydrogens (tertiary/aromatic N) is 1. The van der Waals surface area contributed by atoms with Gasteiger partial charge in [0.25, 0.3) is 5.91 Å². The number of amides is 2. The van der Waals surface area contributed by atoms with Crippen molar-refractivity contribution in [2.45, 2.75) is 52.4 Å². The van der Waals surface area contributed by atoms with Crippen molar-refractivity contribution >= 4 is 23.3 Å². The lowest BCUT2D eigenvalue weighted by atomic mass is 9.99. The van der Waals surface area contributed by atoms with Crippen molar-refractivity contribution in [2.75, 3.05) is 18.4 Å². The Bertz CT molecular complexity index is 913. The second kappa shape index (κ2) is 10.9. The monoisotopic (exact) mass is 420 g/mol.